The minimum absolute atomic E-state index is 0.266. The van der Waals surface area contributed by atoms with Gasteiger partial charge in [0.25, 0.3) is 11.8 Å². The molecule has 1 aromatic carbocycles. The van der Waals surface area contributed by atoms with Crippen LogP contribution >= 0.6 is 11.3 Å². The summed E-state index contributed by atoms with van der Waals surface area (Å²) < 4.78 is 0. The first-order valence-corrected chi connectivity index (χ1v) is 7.30. The third kappa shape index (κ3) is 4.40. The molecule has 1 unspecified atom stereocenters. The SMILES string of the molecule is CONC(=O)C(Cc1ccccc1)NC(=O)c1cccs1. The molecule has 2 N–H and O–H groups in total. The fourth-order valence-electron chi connectivity index (χ4n) is 1.87. The zero-order chi connectivity index (χ0) is 15.1. The van der Waals surface area contributed by atoms with E-state index in [0.29, 0.717) is 11.3 Å². The number of hydroxylamine groups is 1. The number of hydrogen-bond donors (Lipinski definition) is 2. The highest BCUT2D eigenvalue weighted by molar-refractivity contribution is 7.12. The number of carbonyl (C=O) groups is 2. The molecule has 0 saturated carbocycles. The number of nitrogens with one attached hydrogen (secondary N) is 2. The van der Waals surface area contributed by atoms with Crippen LogP contribution in [-0.2, 0) is 16.1 Å². The Labute approximate surface area is 126 Å². The number of hydrogen-bond acceptors (Lipinski definition) is 4. The van der Waals surface area contributed by atoms with Crippen molar-refractivity contribution in [1.29, 1.82) is 0 Å². The van der Waals surface area contributed by atoms with Gasteiger partial charge < -0.3 is 5.32 Å². The second kappa shape index (κ2) is 7.56. The Bertz CT molecular complexity index is 584. The average molecular weight is 304 g/mol. The summed E-state index contributed by atoms with van der Waals surface area (Å²) in [6.07, 6.45) is 0.396. The van der Waals surface area contributed by atoms with Gasteiger partial charge in [-0.1, -0.05) is 36.4 Å². The normalized spacial score (nSPS) is 11.7. The zero-order valence-electron chi connectivity index (χ0n) is 11.5. The molecule has 2 rings (SSSR count). The summed E-state index contributed by atoms with van der Waals surface area (Å²) in [4.78, 5) is 29.3. The first-order chi connectivity index (χ1) is 10.2. The van der Waals surface area contributed by atoms with Crippen molar-refractivity contribution in [2.45, 2.75) is 12.5 Å². The van der Waals surface area contributed by atoms with E-state index >= 15 is 0 Å². The molecule has 1 atom stereocenters. The van der Waals surface area contributed by atoms with Crippen LogP contribution in [0.25, 0.3) is 0 Å². The Hall–Kier alpha value is -2.18. The van der Waals surface area contributed by atoms with E-state index in [-0.39, 0.29) is 11.8 Å². The van der Waals surface area contributed by atoms with Crippen LogP contribution in [0.4, 0.5) is 0 Å². The van der Waals surface area contributed by atoms with Gasteiger partial charge in [0.2, 0.25) is 0 Å². The number of benzene rings is 1. The summed E-state index contributed by atoms with van der Waals surface area (Å²) in [7, 11) is 1.36. The Morgan fingerprint density at radius 2 is 1.95 bits per heavy atom. The van der Waals surface area contributed by atoms with Crippen LogP contribution in [0, 0.1) is 0 Å². The maximum absolute atomic E-state index is 12.1. The molecular weight excluding hydrogens is 288 g/mol. The maximum Gasteiger partial charge on any atom is 0.266 e. The lowest BCUT2D eigenvalue weighted by atomic mass is 10.1. The minimum atomic E-state index is -0.693. The van der Waals surface area contributed by atoms with Crippen LogP contribution in [0.5, 0.6) is 0 Å². The standard InChI is InChI=1S/C15H16N2O3S/c1-20-17-14(18)12(10-11-6-3-2-4-7-11)16-15(19)13-8-5-9-21-13/h2-9,12H,10H2,1H3,(H,16,19)(H,17,18). The lowest BCUT2D eigenvalue weighted by Gasteiger charge is -2.17. The molecule has 1 aromatic heterocycles. The molecule has 0 radical (unpaired) electrons. The summed E-state index contributed by atoms with van der Waals surface area (Å²) in [5.41, 5.74) is 3.22. The fraction of sp³-hybridized carbons (Fsp3) is 0.200. The van der Waals surface area contributed by atoms with Gasteiger partial charge in [-0.25, -0.2) is 5.48 Å². The molecule has 5 nitrogen and oxygen atoms in total. The Balaban J connectivity index is 2.08. The smallest absolute Gasteiger partial charge is 0.266 e. The molecule has 21 heavy (non-hydrogen) atoms. The van der Waals surface area contributed by atoms with Crippen LogP contribution in [0.15, 0.2) is 47.8 Å². The molecule has 0 fully saturated rings. The van der Waals surface area contributed by atoms with Crippen molar-refractivity contribution in [3.05, 3.63) is 58.3 Å². The van der Waals surface area contributed by atoms with E-state index in [4.69, 9.17) is 0 Å². The summed E-state index contributed by atoms with van der Waals surface area (Å²) in [5, 5.41) is 4.55. The second-order valence-electron chi connectivity index (χ2n) is 4.36. The Kier molecular flexibility index (Phi) is 5.48. The molecule has 0 aliphatic rings. The topological polar surface area (TPSA) is 67.4 Å². The molecule has 2 aromatic rings. The number of thiophene rings is 1. The van der Waals surface area contributed by atoms with Crippen molar-refractivity contribution in [3.63, 3.8) is 0 Å². The van der Waals surface area contributed by atoms with Crippen LogP contribution < -0.4 is 10.8 Å². The monoisotopic (exact) mass is 304 g/mol. The molecule has 0 aliphatic heterocycles. The molecule has 0 aliphatic carbocycles. The van der Waals surface area contributed by atoms with E-state index in [9.17, 15) is 9.59 Å². The first kappa shape index (κ1) is 15.2. The minimum Gasteiger partial charge on any atom is -0.339 e. The zero-order valence-corrected chi connectivity index (χ0v) is 12.4. The van der Waals surface area contributed by atoms with E-state index in [2.05, 4.69) is 15.6 Å². The van der Waals surface area contributed by atoms with Gasteiger partial charge in [0.05, 0.1) is 12.0 Å². The average Bonchev–Trinajstić information content (AvgIpc) is 3.02. The van der Waals surface area contributed by atoms with Crippen molar-refractivity contribution < 1.29 is 14.4 Å². The van der Waals surface area contributed by atoms with Crippen LogP contribution in [0.3, 0.4) is 0 Å². The van der Waals surface area contributed by atoms with Crippen LogP contribution in [0.2, 0.25) is 0 Å². The molecule has 0 saturated heterocycles. The van der Waals surface area contributed by atoms with Crippen LogP contribution in [0.1, 0.15) is 15.2 Å². The summed E-state index contributed by atoms with van der Waals surface area (Å²) in [5.74, 6) is -0.650. The second-order valence-corrected chi connectivity index (χ2v) is 5.31. The highest BCUT2D eigenvalue weighted by Crippen LogP contribution is 2.10. The third-order valence-corrected chi connectivity index (χ3v) is 3.72. The van der Waals surface area contributed by atoms with Crippen molar-refractivity contribution in [3.8, 4) is 0 Å². The maximum atomic E-state index is 12.1. The van der Waals surface area contributed by atoms with Gasteiger partial charge in [0.1, 0.15) is 6.04 Å². The highest BCUT2D eigenvalue weighted by atomic mass is 32.1. The van der Waals surface area contributed by atoms with Gasteiger partial charge in [0, 0.05) is 6.42 Å². The molecule has 6 heteroatoms. The van der Waals surface area contributed by atoms with Crippen molar-refractivity contribution in [2.75, 3.05) is 7.11 Å². The first-order valence-electron chi connectivity index (χ1n) is 6.42. The highest BCUT2D eigenvalue weighted by Gasteiger charge is 2.22. The Morgan fingerprint density at radius 3 is 2.57 bits per heavy atom. The molecular formula is C15H16N2O3S. The largest absolute Gasteiger partial charge is 0.339 e. The lowest BCUT2D eigenvalue weighted by Crippen LogP contribution is -2.47. The van der Waals surface area contributed by atoms with Gasteiger partial charge in [-0.3, -0.25) is 14.4 Å². The van der Waals surface area contributed by atoms with Gasteiger partial charge >= 0.3 is 0 Å². The van der Waals surface area contributed by atoms with Gasteiger partial charge in [0.15, 0.2) is 0 Å². The predicted molar refractivity (Wildman–Crippen MR) is 80.9 cm³/mol. The molecule has 2 amide bonds. The van der Waals surface area contributed by atoms with E-state index in [1.807, 2.05) is 35.7 Å². The quantitative estimate of drug-likeness (QED) is 0.799. The number of amides is 2. The van der Waals surface area contributed by atoms with E-state index in [1.165, 1.54) is 18.4 Å². The summed E-state index contributed by atoms with van der Waals surface area (Å²) >= 11 is 1.33. The number of carbonyl (C=O) groups excluding carboxylic acids is 2. The number of rotatable bonds is 6. The van der Waals surface area contributed by atoms with Gasteiger partial charge in [-0.15, -0.1) is 11.3 Å². The van der Waals surface area contributed by atoms with Crippen LogP contribution in [-0.4, -0.2) is 25.0 Å². The molecule has 110 valence electrons. The van der Waals surface area contributed by atoms with E-state index in [0.717, 1.165) is 5.56 Å². The van der Waals surface area contributed by atoms with E-state index in [1.54, 1.807) is 12.1 Å². The third-order valence-electron chi connectivity index (χ3n) is 2.85. The van der Waals surface area contributed by atoms with E-state index < -0.39 is 6.04 Å². The molecule has 0 bridgehead atoms. The predicted octanol–water partition coefficient (Wildman–Crippen LogP) is 1.77. The van der Waals surface area contributed by atoms with Crippen molar-refractivity contribution in [2.24, 2.45) is 0 Å². The van der Waals surface area contributed by atoms with Gasteiger partial charge in [-0.05, 0) is 17.0 Å². The van der Waals surface area contributed by atoms with Crippen molar-refractivity contribution in [1.82, 2.24) is 10.8 Å². The summed E-state index contributed by atoms with van der Waals surface area (Å²) in [6.45, 7) is 0. The lowest BCUT2D eigenvalue weighted by molar-refractivity contribution is -0.133. The fourth-order valence-corrected chi connectivity index (χ4v) is 2.49. The van der Waals surface area contributed by atoms with Gasteiger partial charge in [-0.2, -0.15) is 0 Å². The van der Waals surface area contributed by atoms with Crippen molar-refractivity contribution >= 4 is 23.2 Å². The molecule has 0 spiro atoms. The Morgan fingerprint density at radius 1 is 1.19 bits per heavy atom. The summed E-state index contributed by atoms with van der Waals surface area (Å²) in [6, 6.07) is 12.3. The molecule has 1 heterocycles.